The van der Waals surface area contributed by atoms with Gasteiger partial charge >= 0.3 is 0 Å². The fourth-order valence-corrected chi connectivity index (χ4v) is 3.23. The first-order chi connectivity index (χ1) is 12.7. The Kier molecular flexibility index (Phi) is 5.90. The molecule has 0 saturated carbocycles. The minimum Gasteiger partial charge on any atom is -0.345 e. The van der Waals surface area contributed by atoms with E-state index in [1.54, 1.807) is 0 Å². The number of carbonyl (C=O) groups excluding carboxylic acids is 1. The molecule has 0 N–H and O–H groups in total. The van der Waals surface area contributed by atoms with Gasteiger partial charge in [-0.05, 0) is 42.7 Å². The van der Waals surface area contributed by atoms with Crippen LogP contribution >= 0.6 is 0 Å². The average Bonchev–Trinajstić information content (AvgIpc) is 3.09. The van der Waals surface area contributed by atoms with Gasteiger partial charge in [-0.15, -0.1) is 0 Å². The van der Waals surface area contributed by atoms with Crippen molar-refractivity contribution in [2.45, 2.75) is 33.4 Å². The fourth-order valence-electron chi connectivity index (χ4n) is 3.23. The number of rotatable bonds is 7. The summed E-state index contributed by atoms with van der Waals surface area (Å²) in [6.07, 6.45) is 3.03. The van der Waals surface area contributed by atoms with Crippen LogP contribution in [-0.4, -0.2) is 21.9 Å². The van der Waals surface area contributed by atoms with Crippen molar-refractivity contribution >= 4 is 5.91 Å². The van der Waals surface area contributed by atoms with E-state index >= 15 is 0 Å². The van der Waals surface area contributed by atoms with Gasteiger partial charge in [0.25, 0.3) is 5.91 Å². The Labute approximate surface area is 155 Å². The van der Waals surface area contributed by atoms with E-state index in [-0.39, 0.29) is 5.91 Å². The number of aryl methyl sites for hydroxylation is 1. The van der Waals surface area contributed by atoms with Crippen LogP contribution in [0.4, 0.5) is 0 Å². The number of amides is 1. The molecule has 0 aliphatic heterocycles. The number of aromatic nitrogens is 1. The van der Waals surface area contributed by atoms with E-state index in [2.05, 4.69) is 54.1 Å². The number of hydrogen-bond donors (Lipinski definition) is 0. The maximum atomic E-state index is 13.1. The predicted molar refractivity (Wildman–Crippen MR) is 106 cm³/mol. The van der Waals surface area contributed by atoms with Crippen LogP contribution in [0.25, 0.3) is 0 Å². The Morgan fingerprint density at radius 2 is 1.69 bits per heavy atom. The van der Waals surface area contributed by atoms with Crippen molar-refractivity contribution in [2.24, 2.45) is 0 Å². The molecule has 0 fully saturated rings. The lowest BCUT2D eigenvalue weighted by molar-refractivity contribution is 0.0739. The summed E-state index contributed by atoms with van der Waals surface area (Å²) in [5, 5.41) is 0. The van der Waals surface area contributed by atoms with E-state index < -0.39 is 0 Å². The van der Waals surface area contributed by atoms with Crippen LogP contribution in [-0.2, 0) is 13.1 Å². The summed E-state index contributed by atoms with van der Waals surface area (Å²) in [4.78, 5) is 15.0. The number of benzene rings is 2. The van der Waals surface area contributed by atoms with Crippen molar-refractivity contribution in [3.8, 4) is 0 Å². The molecule has 0 saturated heterocycles. The third-order valence-corrected chi connectivity index (χ3v) is 4.63. The molecule has 3 nitrogen and oxygen atoms in total. The molecule has 3 heteroatoms. The summed E-state index contributed by atoms with van der Waals surface area (Å²) in [5.74, 6) is 0.109. The summed E-state index contributed by atoms with van der Waals surface area (Å²) >= 11 is 0. The van der Waals surface area contributed by atoms with E-state index in [4.69, 9.17) is 0 Å². The molecule has 0 atom stereocenters. The molecule has 26 heavy (non-hydrogen) atoms. The van der Waals surface area contributed by atoms with E-state index in [0.29, 0.717) is 6.54 Å². The zero-order valence-electron chi connectivity index (χ0n) is 15.6. The average molecular weight is 346 g/mol. The monoisotopic (exact) mass is 346 g/mol. The third kappa shape index (κ3) is 4.23. The highest BCUT2D eigenvalue weighted by Gasteiger charge is 2.18. The van der Waals surface area contributed by atoms with Crippen LogP contribution in [0.15, 0.2) is 72.9 Å². The van der Waals surface area contributed by atoms with Gasteiger partial charge in [0, 0.05) is 30.5 Å². The minimum absolute atomic E-state index is 0.109. The van der Waals surface area contributed by atoms with Crippen LogP contribution in [0.1, 0.15) is 40.5 Å². The first-order valence-electron chi connectivity index (χ1n) is 9.22. The largest absolute Gasteiger partial charge is 0.345 e. The summed E-state index contributed by atoms with van der Waals surface area (Å²) < 4.78 is 2.23. The van der Waals surface area contributed by atoms with Crippen LogP contribution in [0, 0.1) is 6.92 Å². The fraction of sp³-hybridized carbons (Fsp3) is 0.261. The van der Waals surface area contributed by atoms with Gasteiger partial charge in [0.05, 0.1) is 6.54 Å². The minimum atomic E-state index is 0.109. The topological polar surface area (TPSA) is 25.2 Å². The van der Waals surface area contributed by atoms with Gasteiger partial charge in [-0.25, -0.2) is 0 Å². The van der Waals surface area contributed by atoms with Gasteiger partial charge in [0.1, 0.15) is 0 Å². The summed E-state index contributed by atoms with van der Waals surface area (Å²) in [6, 6.07) is 22.4. The van der Waals surface area contributed by atoms with Gasteiger partial charge in [0.2, 0.25) is 0 Å². The highest BCUT2D eigenvalue weighted by atomic mass is 16.2. The summed E-state index contributed by atoms with van der Waals surface area (Å²) in [6.45, 7) is 6.31. The molecule has 2 aromatic carbocycles. The van der Waals surface area contributed by atoms with Gasteiger partial charge in [-0.2, -0.15) is 0 Å². The number of nitrogens with zero attached hydrogens (tertiary/aromatic N) is 2. The van der Waals surface area contributed by atoms with E-state index in [1.165, 1.54) is 5.56 Å². The molecule has 3 rings (SSSR count). The van der Waals surface area contributed by atoms with Gasteiger partial charge in [-0.3, -0.25) is 4.79 Å². The van der Waals surface area contributed by atoms with Crippen LogP contribution in [0.2, 0.25) is 0 Å². The molecule has 1 heterocycles. The summed E-state index contributed by atoms with van der Waals surface area (Å²) in [7, 11) is 0. The zero-order chi connectivity index (χ0) is 18.4. The third-order valence-electron chi connectivity index (χ3n) is 4.63. The molecule has 0 spiro atoms. The Morgan fingerprint density at radius 3 is 2.42 bits per heavy atom. The van der Waals surface area contributed by atoms with Crippen LogP contribution < -0.4 is 0 Å². The van der Waals surface area contributed by atoms with Crippen molar-refractivity contribution in [1.29, 1.82) is 0 Å². The van der Waals surface area contributed by atoms with Gasteiger partial charge < -0.3 is 9.47 Å². The van der Waals surface area contributed by atoms with Crippen LogP contribution in [0.5, 0.6) is 0 Å². The maximum Gasteiger partial charge on any atom is 0.254 e. The molecule has 0 bridgehead atoms. The Morgan fingerprint density at radius 1 is 0.962 bits per heavy atom. The molecule has 0 radical (unpaired) electrons. The zero-order valence-corrected chi connectivity index (χ0v) is 15.6. The van der Waals surface area contributed by atoms with E-state index in [9.17, 15) is 4.79 Å². The number of hydrogen-bond acceptors (Lipinski definition) is 1. The van der Waals surface area contributed by atoms with Crippen molar-refractivity contribution < 1.29 is 4.79 Å². The first-order valence-corrected chi connectivity index (χ1v) is 9.22. The van der Waals surface area contributed by atoms with Gasteiger partial charge in [0.15, 0.2) is 0 Å². The second-order valence-electron chi connectivity index (χ2n) is 6.65. The molecule has 0 aliphatic rings. The van der Waals surface area contributed by atoms with E-state index in [0.717, 1.165) is 36.3 Å². The maximum absolute atomic E-state index is 13.1. The Balaban J connectivity index is 1.80. The summed E-state index contributed by atoms with van der Waals surface area (Å²) in [5.41, 5.74) is 4.24. The standard InChI is InChI=1S/C23H26N2O/c1-3-15-25(23(26)22-14-8-7-10-19(22)2)18-21-13-9-16-24(21)17-20-11-5-4-6-12-20/h4-14,16H,3,15,17-18H2,1-2H3. The van der Waals surface area contributed by atoms with Gasteiger partial charge in [-0.1, -0.05) is 55.5 Å². The van der Waals surface area contributed by atoms with E-state index in [1.807, 2.05) is 42.2 Å². The molecule has 0 aliphatic carbocycles. The SMILES string of the molecule is CCCN(Cc1cccn1Cc1ccccc1)C(=O)c1ccccc1C. The lowest BCUT2D eigenvalue weighted by Gasteiger charge is -2.24. The quantitative estimate of drug-likeness (QED) is 0.597. The first kappa shape index (κ1) is 18.0. The molecular weight excluding hydrogens is 320 g/mol. The molecule has 0 unspecified atom stereocenters. The lowest BCUT2D eigenvalue weighted by Crippen LogP contribution is -2.32. The lowest BCUT2D eigenvalue weighted by atomic mass is 10.1. The molecule has 1 aromatic heterocycles. The highest BCUT2D eigenvalue weighted by Crippen LogP contribution is 2.16. The molecule has 134 valence electrons. The predicted octanol–water partition coefficient (Wildman–Crippen LogP) is 4.90. The Hall–Kier alpha value is -2.81. The molecule has 3 aromatic rings. The van der Waals surface area contributed by atoms with Crippen molar-refractivity contribution in [1.82, 2.24) is 9.47 Å². The van der Waals surface area contributed by atoms with Crippen molar-refractivity contribution in [3.63, 3.8) is 0 Å². The normalized spacial score (nSPS) is 10.7. The highest BCUT2D eigenvalue weighted by molar-refractivity contribution is 5.95. The molecular formula is C23H26N2O. The smallest absolute Gasteiger partial charge is 0.254 e. The second-order valence-corrected chi connectivity index (χ2v) is 6.65. The molecule has 1 amide bonds. The van der Waals surface area contributed by atoms with Crippen molar-refractivity contribution in [3.05, 3.63) is 95.3 Å². The van der Waals surface area contributed by atoms with Crippen molar-refractivity contribution in [2.75, 3.05) is 6.54 Å². The van der Waals surface area contributed by atoms with Crippen LogP contribution in [0.3, 0.4) is 0 Å². The second kappa shape index (κ2) is 8.52. The Bertz CT molecular complexity index is 851. The number of carbonyl (C=O) groups is 1.